The van der Waals surface area contributed by atoms with Crippen molar-refractivity contribution < 1.29 is 31.1 Å². The quantitative estimate of drug-likeness (QED) is 0.594. The highest BCUT2D eigenvalue weighted by Gasteiger charge is 2.33. The number of nitrogens with one attached hydrogen (secondary N) is 2. The van der Waals surface area contributed by atoms with Crippen molar-refractivity contribution in [2.75, 3.05) is 23.4 Å². The first-order valence-electron chi connectivity index (χ1n) is 8.33. The summed E-state index contributed by atoms with van der Waals surface area (Å²) in [6, 6.07) is 6.49. The SMILES string of the molecule is COc1cc(NC(=O)c2sc3nc(C(F)(F)F)ccc3c2C)ccc1NS(C)(=O)=O. The van der Waals surface area contributed by atoms with Crippen LogP contribution in [0.15, 0.2) is 30.3 Å². The minimum atomic E-state index is -4.58. The lowest BCUT2D eigenvalue weighted by molar-refractivity contribution is -0.140. The molecule has 1 amide bonds. The fourth-order valence-electron chi connectivity index (χ4n) is 2.71. The van der Waals surface area contributed by atoms with Crippen LogP contribution in [0.3, 0.4) is 0 Å². The first-order valence-corrected chi connectivity index (χ1v) is 11.0. The number of hydrogen-bond donors (Lipinski definition) is 2. The molecule has 2 heterocycles. The van der Waals surface area contributed by atoms with Gasteiger partial charge < -0.3 is 10.1 Å². The Morgan fingerprint density at radius 2 is 1.90 bits per heavy atom. The number of sulfonamides is 1. The summed E-state index contributed by atoms with van der Waals surface area (Å²) in [7, 11) is -2.18. The fraction of sp³-hybridized carbons (Fsp3) is 0.222. The lowest BCUT2D eigenvalue weighted by atomic mass is 10.1. The number of benzene rings is 1. The highest BCUT2D eigenvalue weighted by Crippen LogP contribution is 2.35. The number of alkyl halides is 3. The molecule has 0 aliphatic heterocycles. The molecule has 0 saturated heterocycles. The van der Waals surface area contributed by atoms with Gasteiger partial charge in [0.2, 0.25) is 10.0 Å². The van der Waals surface area contributed by atoms with Gasteiger partial charge in [0.05, 0.1) is 23.9 Å². The second-order valence-electron chi connectivity index (χ2n) is 6.35. The summed E-state index contributed by atoms with van der Waals surface area (Å²) in [6.45, 7) is 1.63. The van der Waals surface area contributed by atoms with Crippen molar-refractivity contribution >= 4 is 48.9 Å². The number of rotatable bonds is 5. The Bertz CT molecular complexity index is 1240. The zero-order valence-corrected chi connectivity index (χ0v) is 17.6. The molecule has 160 valence electrons. The molecule has 0 spiro atoms. The van der Waals surface area contributed by atoms with Crippen LogP contribution in [0, 0.1) is 6.92 Å². The molecule has 0 fully saturated rings. The number of thiophene rings is 1. The minimum Gasteiger partial charge on any atom is -0.494 e. The van der Waals surface area contributed by atoms with Crippen LogP contribution < -0.4 is 14.8 Å². The molecule has 3 rings (SSSR count). The van der Waals surface area contributed by atoms with E-state index in [9.17, 15) is 26.4 Å². The number of hydrogen-bond acceptors (Lipinski definition) is 6. The molecule has 0 atom stereocenters. The van der Waals surface area contributed by atoms with E-state index in [1.165, 1.54) is 31.4 Å². The number of methoxy groups -OCH3 is 1. The number of carbonyl (C=O) groups excluding carboxylic acids is 1. The van der Waals surface area contributed by atoms with E-state index in [0.29, 0.717) is 16.6 Å². The molecule has 0 aliphatic carbocycles. The van der Waals surface area contributed by atoms with Crippen LogP contribution in [-0.2, 0) is 16.2 Å². The number of halogens is 3. The van der Waals surface area contributed by atoms with Gasteiger partial charge in [-0.2, -0.15) is 13.2 Å². The van der Waals surface area contributed by atoms with Gasteiger partial charge in [-0.05, 0) is 36.8 Å². The molecule has 0 bridgehead atoms. The highest BCUT2D eigenvalue weighted by atomic mass is 32.2. The lowest BCUT2D eigenvalue weighted by Crippen LogP contribution is -2.13. The van der Waals surface area contributed by atoms with E-state index in [1.54, 1.807) is 6.92 Å². The largest absolute Gasteiger partial charge is 0.494 e. The van der Waals surface area contributed by atoms with Gasteiger partial charge in [0, 0.05) is 17.1 Å². The Labute approximate surface area is 173 Å². The minimum absolute atomic E-state index is 0.109. The standard InChI is InChI=1S/C18H16F3N3O4S2/c1-9-11-5-7-14(18(19,20)21)23-17(11)29-15(9)16(25)22-10-4-6-12(13(8-10)28-2)24-30(3,26)27/h4-8,24H,1-3H3,(H,22,25). The van der Waals surface area contributed by atoms with Gasteiger partial charge in [0.25, 0.3) is 5.91 Å². The van der Waals surface area contributed by atoms with Crippen molar-refractivity contribution in [1.82, 2.24) is 4.98 Å². The molecule has 0 unspecified atom stereocenters. The Balaban J connectivity index is 1.90. The third-order valence-electron chi connectivity index (χ3n) is 4.06. The summed E-state index contributed by atoms with van der Waals surface area (Å²) in [5.74, 6) is -0.349. The van der Waals surface area contributed by atoms with Crippen LogP contribution >= 0.6 is 11.3 Å². The van der Waals surface area contributed by atoms with Crippen LogP contribution in [0.1, 0.15) is 20.9 Å². The number of ether oxygens (including phenoxy) is 1. The maximum Gasteiger partial charge on any atom is 0.433 e. The smallest absolute Gasteiger partial charge is 0.433 e. The van der Waals surface area contributed by atoms with E-state index in [0.717, 1.165) is 23.7 Å². The molecule has 2 N–H and O–H groups in total. The molecule has 1 aromatic carbocycles. The second kappa shape index (κ2) is 7.76. The average Bonchev–Trinajstić information content (AvgIpc) is 2.97. The molecule has 0 radical (unpaired) electrons. The number of anilines is 2. The van der Waals surface area contributed by atoms with Crippen LogP contribution in [0.5, 0.6) is 5.75 Å². The summed E-state index contributed by atoms with van der Waals surface area (Å²) in [4.78, 5) is 16.6. The zero-order valence-electron chi connectivity index (χ0n) is 15.9. The fourth-order valence-corrected chi connectivity index (χ4v) is 4.36. The number of amides is 1. The molecule has 0 aliphatic rings. The number of aryl methyl sites for hydroxylation is 1. The van der Waals surface area contributed by atoms with Gasteiger partial charge in [0.1, 0.15) is 16.3 Å². The van der Waals surface area contributed by atoms with Crippen LogP contribution in [0.2, 0.25) is 0 Å². The molecule has 7 nitrogen and oxygen atoms in total. The summed E-state index contributed by atoms with van der Waals surface area (Å²) in [6.07, 6.45) is -3.59. The second-order valence-corrected chi connectivity index (χ2v) is 9.09. The van der Waals surface area contributed by atoms with Crippen LogP contribution in [0.4, 0.5) is 24.5 Å². The summed E-state index contributed by atoms with van der Waals surface area (Å²) in [5.41, 5.74) is -0.00502. The number of fused-ring (bicyclic) bond motifs is 1. The topological polar surface area (TPSA) is 97.4 Å². The molecular weight excluding hydrogens is 443 g/mol. The lowest BCUT2D eigenvalue weighted by Gasteiger charge is -2.12. The van der Waals surface area contributed by atoms with Gasteiger partial charge in [-0.3, -0.25) is 9.52 Å². The van der Waals surface area contributed by atoms with E-state index in [-0.39, 0.29) is 21.1 Å². The first-order chi connectivity index (χ1) is 13.9. The monoisotopic (exact) mass is 459 g/mol. The summed E-state index contributed by atoms with van der Waals surface area (Å²) >= 11 is 0.856. The van der Waals surface area contributed by atoms with Crippen molar-refractivity contribution in [2.45, 2.75) is 13.1 Å². The number of nitrogens with zero attached hydrogens (tertiary/aromatic N) is 1. The molecule has 30 heavy (non-hydrogen) atoms. The van der Waals surface area contributed by atoms with Crippen molar-refractivity contribution in [3.05, 3.63) is 46.5 Å². The van der Waals surface area contributed by atoms with E-state index < -0.39 is 27.8 Å². The zero-order chi connectivity index (χ0) is 22.3. The van der Waals surface area contributed by atoms with Crippen molar-refractivity contribution in [2.24, 2.45) is 0 Å². The van der Waals surface area contributed by atoms with Crippen LogP contribution in [0.25, 0.3) is 10.2 Å². The van der Waals surface area contributed by atoms with Crippen molar-refractivity contribution in [3.8, 4) is 5.75 Å². The number of aromatic nitrogens is 1. The third kappa shape index (κ3) is 4.65. The average molecular weight is 459 g/mol. The molecule has 0 saturated carbocycles. The Morgan fingerprint density at radius 3 is 2.50 bits per heavy atom. The number of pyridine rings is 1. The highest BCUT2D eigenvalue weighted by molar-refractivity contribution is 7.92. The predicted molar refractivity (Wildman–Crippen MR) is 109 cm³/mol. The normalized spacial score (nSPS) is 12.1. The van der Waals surface area contributed by atoms with Gasteiger partial charge in [0.15, 0.2) is 0 Å². The molecule has 3 aromatic rings. The summed E-state index contributed by atoms with van der Waals surface area (Å²) in [5, 5.41) is 3.10. The van der Waals surface area contributed by atoms with Gasteiger partial charge in [-0.15, -0.1) is 11.3 Å². The van der Waals surface area contributed by atoms with Gasteiger partial charge >= 0.3 is 6.18 Å². The van der Waals surface area contributed by atoms with Gasteiger partial charge in [-0.1, -0.05) is 0 Å². The van der Waals surface area contributed by atoms with E-state index in [1.807, 2.05) is 0 Å². The number of carbonyl (C=O) groups is 1. The van der Waals surface area contributed by atoms with E-state index in [4.69, 9.17) is 4.74 Å². The summed E-state index contributed by atoms with van der Waals surface area (Å²) < 4.78 is 68.9. The Hall–Kier alpha value is -2.86. The Morgan fingerprint density at radius 1 is 1.20 bits per heavy atom. The van der Waals surface area contributed by atoms with Gasteiger partial charge in [-0.25, -0.2) is 13.4 Å². The van der Waals surface area contributed by atoms with Crippen molar-refractivity contribution in [1.29, 1.82) is 0 Å². The van der Waals surface area contributed by atoms with Crippen molar-refractivity contribution in [3.63, 3.8) is 0 Å². The predicted octanol–water partition coefficient (Wildman–Crippen LogP) is 4.26. The first kappa shape index (κ1) is 21.8. The maximum atomic E-state index is 12.9. The van der Waals surface area contributed by atoms with E-state index >= 15 is 0 Å². The molecule has 12 heteroatoms. The maximum absolute atomic E-state index is 12.9. The molecular formula is C18H16F3N3O4S2. The third-order valence-corrected chi connectivity index (χ3v) is 5.85. The Kier molecular flexibility index (Phi) is 5.65. The van der Waals surface area contributed by atoms with Crippen LogP contribution in [-0.4, -0.2) is 32.7 Å². The molecule has 2 aromatic heterocycles. The van der Waals surface area contributed by atoms with E-state index in [2.05, 4.69) is 15.0 Å².